The van der Waals surface area contributed by atoms with Crippen molar-refractivity contribution in [2.75, 3.05) is 12.4 Å². The Morgan fingerprint density at radius 1 is 1.53 bits per heavy atom. The van der Waals surface area contributed by atoms with Gasteiger partial charge in [-0.15, -0.1) is 11.8 Å². The van der Waals surface area contributed by atoms with E-state index in [-0.39, 0.29) is 0 Å². The third-order valence-corrected chi connectivity index (χ3v) is 3.58. The third kappa shape index (κ3) is 3.08. The molecule has 1 aromatic carbocycles. The van der Waals surface area contributed by atoms with Gasteiger partial charge in [-0.3, -0.25) is 4.79 Å². The van der Waals surface area contributed by atoms with E-state index in [9.17, 15) is 4.79 Å². The first-order valence-corrected chi connectivity index (χ1v) is 6.17. The molecule has 3 heteroatoms. The van der Waals surface area contributed by atoms with Gasteiger partial charge in [-0.25, -0.2) is 0 Å². The number of hydrogen-bond donors (Lipinski definition) is 0. The van der Waals surface area contributed by atoms with Gasteiger partial charge in [0.1, 0.15) is 6.29 Å². The van der Waals surface area contributed by atoms with Crippen LogP contribution in [0.4, 0.5) is 0 Å². The standard InChI is InChI=1S/C12H14O2S/c13-8-10-3-1-5-12(7-10)15-9-11-4-2-6-14-11/h1,3,5,7-8,11H,2,4,6,9H2. The lowest BCUT2D eigenvalue weighted by atomic mass is 10.2. The van der Waals surface area contributed by atoms with Gasteiger partial charge < -0.3 is 4.74 Å². The van der Waals surface area contributed by atoms with Crippen LogP contribution in [0.15, 0.2) is 29.2 Å². The molecule has 15 heavy (non-hydrogen) atoms. The number of benzene rings is 1. The van der Waals surface area contributed by atoms with E-state index in [0.717, 1.165) is 29.1 Å². The topological polar surface area (TPSA) is 26.3 Å². The van der Waals surface area contributed by atoms with Crippen molar-refractivity contribution in [3.05, 3.63) is 29.8 Å². The van der Waals surface area contributed by atoms with E-state index in [1.807, 2.05) is 24.3 Å². The van der Waals surface area contributed by atoms with Gasteiger partial charge in [0.2, 0.25) is 0 Å². The van der Waals surface area contributed by atoms with Crippen LogP contribution in [-0.2, 0) is 4.74 Å². The summed E-state index contributed by atoms with van der Waals surface area (Å²) in [6.07, 6.45) is 3.63. The third-order valence-electron chi connectivity index (χ3n) is 2.45. The number of thioether (sulfide) groups is 1. The van der Waals surface area contributed by atoms with Crippen LogP contribution in [0.1, 0.15) is 23.2 Å². The molecule has 0 spiro atoms. The Morgan fingerprint density at radius 3 is 3.20 bits per heavy atom. The van der Waals surface area contributed by atoms with E-state index in [1.165, 1.54) is 12.8 Å². The van der Waals surface area contributed by atoms with E-state index in [4.69, 9.17) is 4.74 Å². The molecule has 0 bridgehead atoms. The molecule has 1 atom stereocenters. The van der Waals surface area contributed by atoms with Crippen molar-refractivity contribution in [3.8, 4) is 0 Å². The molecule has 0 amide bonds. The largest absolute Gasteiger partial charge is 0.377 e. The minimum atomic E-state index is 0.398. The summed E-state index contributed by atoms with van der Waals surface area (Å²) >= 11 is 1.76. The molecule has 1 aromatic rings. The molecule has 1 fully saturated rings. The molecule has 0 saturated carbocycles. The van der Waals surface area contributed by atoms with Crippen molar-refractivity contribution < 1.29 is 9.53 Å². The number of aldehydes is 1. The summed E-state index contributed by atoms with van der Waals surface area (Å²) in [7, 11) is 0. The molecule has 0 N–H and O–H groups in total. The summed E-state index contributed by atoms with van der Waals surface area (Å²) in [6.45, 7) is 0.902. The maximum atomic E-state index is 10.6. The van der Waals surface area contributed by atoms with Crippen LogP contribution in [0.2, 0.25) is 0 Å². The van der Waals surface area contributed by atoms with Gasteiger partial charge in [0.05, 0.1) is 6.10 Å². The Kier molecular flexibility index (Phi) is 3.80. The average Bonchev–Trinajstić information content (AvgIpc) is 2.79. The van der Waals surface area contributed by atoms with Crippen LogP contribution in [-0.4, -0.2) is 24.7 Å². The van der Waals surface area contributed by atoms with E-state index >= 15 is 0 Å². The Labute approximate surface area is 94.0 Å². The van der Waals surface area contributed by atoms with Crippen LogP contribution in [0.25, 0.3) is 0 Å². The first-order chi connectivity index (χ1) is 7.38. The fourth-order valence-corrected chi connectivity index (χ4v) is 2.68. The number of carbonyl (C=O) groups is 1. The lowest BCUT2D eigenvalue weighted by Gasteiger charge is -2.08. The minimum Gasteiger partial charge on any atom is -0.377 e. The molecule has 1 saturated heterocycles. The predicted molar refractivity (Wildman–Crippen MR) is 61.5 cm³/mol. The van der Waals surface area contributed by atoms with Crippen molar-refractivity contribution >= 4 is 18.0 Å². The molecule has 0 aromatic heterocycles. The molecule has 1 aliphatic heterocycles. The van der Waals surface area contributed by atoms with Gasteiger partial charge in [0.15, 0.2) is 0 Å². The predicted octanol–water partition coefficient (Wildman–Crippen LogP) is 2.77. The summed E-state index contributed by atoms with van der Waals surface area (Å²) in [5, 5.41) is 0. The Bertz CT molecular complexity index is 332. The molecule has 2 rings (SSSR count). The lowest BCUT2D eigenvalue weighted by molar-refractivity contribution is 0.112. The first-order valence-electron chi connectivity index (χ1n) is 5.18. The minimum absolute atomic E-state index is 0.398. The van der Waals surface area contributed by atoms with E-state index < -0.39 is 0 Å². The molecule has 80 valence electrons. The van der Waals surface area contributed by atoms with Gasteiger partial charge in [0.25, 0.3) is 0 Å². The zero-order valence-corrected chi connectivity index (χ0v) is 9.33. The molecule has 1 unspecified atom stereocenters. The summed E-state index contributed by atoms with van der Waals surface area (Å²) in [5.74, 6) is 0.988. The van der Waals surface area contributed by atoms with Crippen molar-refractivity contribution in [2.24, 2.45) is 0 Å². The second-order valence-electron chi connectivity index (χ2n) is 3.64. The molecular formula is C12H14O2S. The van der Waals surface area contributed by atoms with Gasteiger partial charge in [-0.1, -0.05) is 12.1 Å². The molecule has 0 aliphatic carbocycles. The van der Waals surface area contributed by atoms with E-state index in [2.05, 4.69) is 0 Å². The maximum absolute atomic E-state index is 10.6. The van der Waals surface area contributed by atoms with Crippen LogP contribution in [0.5, 0.6) is 0 Å². The second-order valence-corrected chi connectivity index (χ2v) is 4.73. The quantitative estimate of drug-likeness (QED) is 0.579. The Hall–Kier alpha value is -0.800. The second kappa shape index (κ2) is 5.33. The monoisotopic (exact) mass is 222 g/mol. The van der Waals surface area contributed by atoms with Gasteiger partial charge in [-0.2, -0.15) is 0 Å². The zero-order chi connectivity index (χ0) is 10.5. The van der Waals surface area contributed by atoms with E-state index in [0.29, 0.717) is 6.10 Å². The Morgan fingerprint density at radius 2 is 2.47 bits per heavy atom. The van der Waals surface area contributed by atoms with Crippen LogP contribution >= 0.6 is 11.8 Å². The summed E-state index contributed by atoms with van der Waals surface area (Å²) in [6, 6.07) is 7.70. The van der Waals surface area contributed by atoms with Crippen LogP contribution in [0, 0.1) is 0 Å². The molecule has 1 aliphatic rings. The normalized spacial score (nSPS) is 20.4. The SMILES string of the molecule is O=Cc1cccc(SCC2CCCO2)c1. The fraction of sp³-hybridized carbons (Fsp3) is 0.417. The number of carbonyl (C=O) groups excluding carboxylic acids is 1. The lowest BCUT2D eigenvalue weighted by Crippen LogP contribution is -2.07. The summed E-state index contributed by atoms with van der Waals surface area (Å²) in [4.78, 5) is 11.7. The van der Waals surface area contributed by atoms with Crippen molar-refractivity contribution in [3.63, 3.8) is 0 Å². The van der Waals surface area contributed by atoms with Crippen molar-refractivity contribution in [2.45, 2.75) is 23.8 Å². The highest BCUT2D eigenvalue weighted by Crippen LogP contribution is 2.24. The average molecular weight is 222 g/mol. The zero-order valence-electron chi connectivity index (χ0n) is 8.52. The highest BCUT2D eigenvalue weighted by atomic mass is 32.2. The van der Waals surface area contributed by atoms with Crippen molar-refractivity contribution in [1.82, 2.24) is 0 Å². The summed E-state index contributed by atoms with van der Waals surface area (Å²) in [5.41, 5.74) is 0.743. The molecule has 1 heterocycles. The number of ether oxygens (including phenoxy) is 1. The summed E-state index contributed by atoms with van der Waals surface area (Å²) < 4.78 is 5.54. The smallest absolute Gasteiger partial charge is 0.150 e. The fourth-order valence-electron chi connectivity index (χ4n) is 1.64. The van der Waals surface area contributed by atoms with Gasteiger partial charge >= 0.3 is 0 Å². The molecule has 2 nitrogen and oxygen atoms in total. The van der Waals surface area contributed by atoms with Crippen LogP contribution < -0.4 is 0 Å². The number of rotatable bonds is 4. The molecular weight excluding hydrogens is 208 g/mol. The first kappa shape index (κ1) is 10.7. The van der Waals surface area contributed by atoms with Gasteiger partial charge in [-0.05, 0) is 25.0 Å². The van der Waals surface area contributed by atoms with Gasteiger partial charge in [0, 0.05) is 22.8 Å². The van der Waals surface area contributed by atoms with Crippen LogP contribution in [0.3, 0.4) is 0 Å². The number of hydrogen-bond acceptors (Lipinski definition) is 3. The Balaban J connectivity index is 1.89. The molecule has 0 radical (unpaired) electrons. The maximum Gasteiger partial charge on any atom is 0.150 e. The van der Waals surface area contributed by atoms with E-state index in [1.54, 1.807) is 11.8 Å². The highest BCUT2D eigenvalue weighted by Gasteiger charge is 2.15. The van der Waals surface area contributed by atoms with Crippen molar-refractivity contribution in [1.29, 1.82) is 0 Å². The highest BCUT2D eigenvalue weighted by molar-refractivity contribution is 7.99.